The minimum Gasteiger partial charge on any atom is -0.384 e. The van der Waals surface area contributed by atoms with E-state index in [1.54, 1.807) is 18.2 Å². The van der Waals surface area contributed by atoms with Crippen LogP contribution in [-0.2, 0) is 0 Å². The molecule has 0 saturated carbocycles. The average molecular weight is 231 g/mol. The summed E-state index contributed by atoms with van der Waals surface area (Å²) in [5.41, 5.74) is 1.32. The lowest BCUT2D eigenvalue weighted by Crippen LogP contribution is -2.31. The number of benzene rings is 1. The van der Waals surface area contributed by atoms with Crippen LogP contribution in [0.2, 0.25) is 0 Å². The monoisotopic (exact) mass is 231 g/mol. The molecule has 0 bridgehead atoms. The van der Waals surface area contributed by atoms with Gasteiger partial charge in [-0.3, -0.25) is 4.79 Å². The van der Waals surface area contributed by atoms with Crippen LogP contribution in [0, 0.1) is 11.8 Å². The second kappa shape index (κ2) is 6.72. The van der Waals surface area contributed by atoms with Crippen molar-refractivity contribution in [1.29, 1.82) is 0 Å². The molecule has 0 spiro atoms. The zero-order valence-corrected chi connectivity index (χ0v) is 10.2. The molecule has 1 aromatic carbocycles. The Hall–Kier alpha value is -1.79. The fourth-order valence-corrected chi connectivity index (χ4v) is 1.29. The van der Waals surface area contributed by atoms with Gasteiger partial charge in [-0.2, -0.15) is 0 Å². The molecule has 1 atom stereocenters. The maximum atomic E-state index is 11.8. The lowest BCUT2D eigenvalue weighted by Gasteiger charge is -2.11. The molecule has 1 rings (SSSR count). The molecule has 1 aromatic rings. The van der Waals surface area contributed by atoms with E-state index in [2.05, 4.69) is 17.2 Å². The van der Waals surface area contributed by atoms with Crippen molar-refractivity contribution in [1.82, 2.24) is 5.32 Å². The summed E-state index contributed by atoms with van der Waals surface area (Å²) in [6.07, 6.45) is 0.899. The Kier molecular flexibility index (Phi) is 5.25. The van der Waals surface area contributed by atoms with Crippen molar-refractivity contribution in [2.24, 2.45) is 0 Å². The molecular formula is C14H17NO2. The molecule has 3 heteroatoms. The Balaban J connectivity index is 2.80. The van der Waals surface area contributed by atoms with Gasteiger partial charge in [-0.05, 0) is 31.5 Å². The summed E-state index contributed by atoms with van der Waals surface area (Å²) >= 11 is 0. The molecule has 0 heterocycles. The van der Waals surface area contributed by atoms with Crippen LogP contribution in [0.1, 0.15) is 36.2 Å². The van der Waals surface area contributed by atoms with Gasteiger partial charge in [0.25, 0.3) is 5.91 Å². The van der Waals surface area contributed by atoms with Gasteiger partial charge in [-0.1, -0.05) is 24.8 Å². The van der Waals surface area contributed by atoms with Crippen LogP contribution >= 0.6 is 0 Å². The Morgan fingerprint density at radius 1 is 1.53 bits per heavy atom. The fourth-order valence-electron chi connectivity index (χ4n) is 1.29. The minimum atomic E-state index is -0.177. The summed E-state index contributed by atoms with van der Waals surface area (Å²) in [6.45, 7) is 3.81. The van der Waals surface area contributed by atoms with E-state index < -0.39 is 0 Å². The molecule has 2 N–H and O–H groups in total. The predicted molar refractivity (Wildman–Crippen MR) is 67.6 cm³/mol. The Bertz CT molecular complexity index is 443. The van der Waals surface area contributed by atoms with Gasteiger partial charge in [0.2, 0.25) is 0 Å². The number of hydrogen-bond donors (Lipinski definition) is 2. The summed E-state index contributed by atoms with van der Waals surface area (Å²) in [7, 11) is 0. The normalized spacial score (nSPS) is 11.2. The van der Waals surface area contributed by atoms with E-state index in [0.717, 1.165) is 12.0 Å². The van der Waals surface area contributed by atoms with E-state index in [1.165, 1.54) is 0 Å². The Morgan fingerprint density at radius 3 is 2.94 bits per heavy atom. The molecule has 17 heavy (non-hydrogen) atoms. The highest BCUT2D eigenvalue weighted by atomic mass is 16.2. The number of carbonyl (C=O) groups is 1. The standard InChI is InChI=1S/C14H17NO2/c1-3-11(2)15-14(17)13-8-4-6-12(10-13)7-5-9-16/h4,6,8,10-11,16H,3,9H2,1-2H3,(H,15,17). The van der Waals surface area contributed by atoms with Crippen LogP contribution in [0.15, 0.2) is 24.3 Å². The highest BCUT2D eigenvalue weighted by molar-refractivity contribution is 5.94. The molecule has 0 aromatic heterocycles. The molecule has 0 radical (unpaired) electrons. The number of aliphatic hydroxyl groups excluding tert-OH is 1. The van der Waals surface area contributed by atoms with E-state index in [0.29, 0.717) is 5.56 Å². The summed E-state index contributed by atoms with van der Waals surface area (Å²) in [6, 6.07) is 7.23. The first-order valence-electron chi connectivity index (χ1n) is 5.68. The first-order chi connectivity index (χ1) is 8.17. The minimum absolute atomic E-state index is 0.0907. The van der Waals surface area contributed by atoms with Crippen LogP contribution < -0.4 is 5.32 Å². The summed E-state index contributed by atoms with van der Waals surface area (Å²) in [4.78, 5) is 11.8. The number of carbonyl (C=O) groups excluding carboxylic acids is 1. The molecular weight excluding hydrogens is 214 g/mol. The van der Waals surface area contributed by atoms with Crippen molar-refractivity contribution >= 4 is 5.91 Å². The number of rotatable bonds is 3. The third-order valence-corrected chi connectivity index (χ3v) is 2.43. The van der Waals surface area contributed by atoms with E-state index in [-0.39, 0.29) is 18.6 Å². The zero-order valence-electron chi connectivity index (χ0n) is 10.2. The van der Waals surface area contributed by atoms with E-state index in [9.17, 15) is 4.79 Å². The maximum Gasteiger partial charge on any atom is 0.251 e. The third-order valence-electron chi connectivity index (χ3n) is 2.43. The summed E-state index contributed by atoms with van der Waals surface area (Å²) in [5.74, 6) is 5.24. The van der Waals surface area contributed by atoms with E-state index in [1.807, 2.05) is 19.9 Å². The van der Waals surface area contributed by atoms with Crippen molar-refractivity contribution < 1.29 is 9.90 Å². The van der Waals surface area contributed by atoms with Crippen molar-refractivity contribution in [2.75, 3.05) is 6.61 Å². The largest absolute Gasteiger partial charge is 0.384 e. The first kappa shape index (κ1) is 13.3. The van der Waals surface area contributed by atoms with Gasteiger partial charge in [-0.15, -0.1) is 0 Å². The van der Waals surface area contributed by atoms with Crippen molar-refractivity contribution in [3.63, 3.8) is 0 Å². The molecule has 0 aliphatic rings. The molecule has 0 aliphatic heterocycles. The molecule has 0 saturated heterocycles. The van der Waals surface area contributed by atoms with Gasteiger partial charge >= 0.3 is 0 Å². The van der Waals surface area contributed by atoms with Gasteiger partial charge in [-0.25, -0.2) is 0 Å². The van der Waals surface area contributed by atoms with Gasteiger partial charge in [0, 0.05) is 17.2 Å². The molecule has 1 unspecified atom stereocenters. The van der Waals surface area contributed by atoms with Crippen LogP contribution in [-0.4, -0.2) is 23.7 Å². The molecule has 90 valence electrons. The molecule has 0 fully saturated rings. The van der Waals surface area contributed by atoms with Crippen LogP contribution in [0.3, 0.4) is 0 Å². The number of hydrogen-bond acceptors (Lipinski definition) is 2. The molecule has 3 nitrogen and oxygen atoms in total. The second-order valence-electron chi connectivity index (χ2n) is 3.82. The topological polar surface area (TPSA) is 49.3 Å². The van der Waals surface area contributed by atoms with Crippen LogP contribution in [0.5, 0.6) is 0 Å². The van der Waals surface area contributed by atoms with Gasteiger partial charge < -0.3 is 10.4 Å². The zero-order chi connectivity index (χ0) is 12.7. The Morgan fingerprint density at radius 2 is 2.29 bits per heavy atom. The summed E-state index contributed by atoms with van der Waals surface area (Å²) < 4.78 is 0. The van der Waals surface area contributed by atoms with Crippen molar-refractivity contribution in [3.05, 3.63) is 35.4 Å². The van der Waals surface area contributed by atoms with Gasteiger partial charge in [0.1, 0.15) is 6.61 Å². The van der Waals surface area contributed by atoms with E-state index >= 15 is 0 Å². The third kappa shape index (κ3) is 4.29. The SMILES string of the molecule is CCC(C)NC(=O)c1cccc(C#CCO)c1. The maximum absolute atomic E-state index is 11.8. The first-order valence-corrected chi connectivity index (χ1v) is 5.68. The number of nitrogens with one attached hydrogen (secondary N) is 1. The van der Waals surface area contributed by atoms with Gasteiger partial charge in [0.15, 0.2) is 0 Å². The number of aliphatic hydroxyl groups is 1. The van der Waals surface area contributed by atoms with E-state index in [4.69, 9.17) is 5.11 Å². The quantitative estimate of drug-likeness (QED) is 0.776. The highest BCUT2D eigenvalue weighted by Gasteiger charge is 2.08. The van der Waals surface area contributed by atoms with Crippen molar-refractivity contribution in [3.8, 4) is 11.8 Å². The van der Waals surface area contributed by atoms with Crippen LogP contribution in [0.4, 0.5) is 0 Å². The predicted octanol–water partition coefficient (Wildman–Crippen LogP) is 1.56. The second-order valence-corrected chi connectivity index (χ2v) is 3.82. The Labute approximate surface area is 102 Å². The van der Waals surface area contributed by atoms with Crippen molar-refractivity contribution in [2.45, 2.75) is 26.3 Å². The average Bonchev–Trinajstić information content (AvgIpc) is 2.36. The summed E-state index contributed by atoms with van der Waals surface area (Å²) in [5, 5.41) is 11.5. The molecule has 1 amide bonds. The fraction of sp³-hybridized carbons (Fsp3) is 0.357. The smallest absolute Gasteiger partial charge is 0.251 e. The van der Waals surface area contributed by atoms with Gasteiger partial charge in [0.05, 0.1) is 0 Å². The molecule has 0 aliphatic carbocycles. The lowest BCUT2D eigenvalue weighted by atomic mass is 10.1. The highest BCUT2D eigenvalue weighted by Crippen LogP contribution is 2.05. The lowest BCUT2D eigenvalue weighted by molar-refractivity contribution is 0.0939. The van der Waals surface area contributed by atoms with Crippen LogP contribution in [0.25, 0.3) is 0 Å². The number of amides is 1.